The van der Waals surface area contributed by atoms with Crippen molar-refractivity contribution in [1.29, 1.82) is 0 Å². The Bertz CT molecular complexity index is 487. The lowest BCUT2D eigenvalue weighted by Gasteiger charge is -2.09. The van der Waals surface area contributed by atoms with E-state index in [4.69, 9.17) is 5.73 Å². The molecule has 0 unspecified atom stereocenters. The van der Waals surface area contributed by atoms with Crippen LogP contribution in [-0.4, -0.2) is 17.1 Å². The zero-order valence-corrected chi connectivity index (χ0v) is 9.66. The van der Waals surface area contributed by atoms with Gasteiger partial charge in [0.15, 0.2) is 0 Å². The summed E-state index contributed by atoms with van der Waals surface area (Å²) in [5.74, 6) is -2.25. The molecule has 0 saturated heterocycles. The second-order valence-electron chi connectivity index (χ2n) is 3.40. The Labute approximate surface area is 105 Å². The number of hydrogen-bond acceptors (Lipinski definition) is 2. The number of carbonyl (C=O) groups is 1. The molecule has 1 amide bonds. The molecule has 1 aromatic carbocycles. The van der Waals surface area contributed by atoms with Crippen molar-refractivity contribution in [3.05, 3.63) is 29.6 Å². The predicted octanol–water partition coefficient (Wildman–Crippen LogP) is 2.35. The average Bonchev–Trinajstić information content (AvgIpc) is 2.17. The van der Waals surface area contributed by atoms with Crippen molar-refractivity contribution in [3.8, 4) is 0 Å². The van der Waals surface area contributed by atoms with Gasteiger partial charge in [-0.3, -0.25) is 4.79 Å². The van der Waals surface area contributed by atoms with Gasteiger partial charge in [-0.05, 0) is 18.2 Å². The lowest BCUT2D eigenvalue weighted by Crippen LogP contribution is -2.21. The molecule has 0 fully saturated rings. The van der Waals surface area contributed by atoms with Gasteiger partial charge in [-0.2, -0.15) is 13.2 Å². The number of rotatable bonds is 3. The second-order valence-corrected chi connectivity index (χ2v) is 3.84. The molecule has 0 aliphatic heterocycles. The quantitative estimate of drug-likeness (QED) is 0.660. The molecule has 18 heavy (non-hydrogen) atoms. The predicted molar refractivity (Wildman–Crippen MR) is 61.6 cm³/mol. The fraction of sp³-hybridized carbons (Fsp3) is 0.200. The van der Waals surface area contributed by atoms with Crippen LogP contribution < -0.4 is 11.1 Å². The van der Waals surface area contributed by atoms with Crippen LogP contribution in [-0.2, 0) is 4.79 Å². The van der Waals surface area contributed by atoms with Crippen LogP contribution in [0.1, 0.15) is 12.0 Å². The number of nitrogens with one attached hydrogen (secondary N) is 1. The van der Waals surface area contributed by atoms with E-state index in [2.05, 4.69) is 12.2 Å². The summed E-state index contributed by atoms with van der Waals surface area (Å²) < 4.78 is 49.1. The van der Waals surface area contributed by atoms with Crippen LogP contribution in [0.25, 0.3) is 0 Å². The van der Waals surface area contributed by atoms with Crippen LogP contribution in [0, 0.1) is 5.82 Å². The molecule has 3 nitrogen and oxygen atoms in total. The monoisotopic (exact) mass is 280 g/mol. The van der Waals surface area contributed by atoms with Crippen LogP contribution in [0.5, 0.6) is 0 Å². The summed E-state index contributed by atoms with van der Waals surface area (Å²) in [6.45, 7) is 0. The Morgan fingerprint density at radius 1 is 1.39 bits per heavy atom. The first-order chi connectivity index (χ1) is 8.19. The topological polar surface area (TPSA) is 55.1 Å². The van der Waals surface area contributed by atoms with Gasteiger partial charge in [0.2, 0.25) is 5.91 Å². The molecule has 0 atom stereocenters. The maximum absolute atomic E-state index is 13.4. The molecule has 0 aromatic heterocycles. The number of halogens is 4. The number of thiocarbonyl (C=S) groups is 1. The molecule has 0 heterocycles. The Balaban J connectivity index is 2.80. The summed E-state index contributed by atoms with van der Waals surface area (Å²) in [6.07, 6.45) is -6.32. The van der Waals surface area contributed by atoms with E-state index >= 15 is 0 Å². The number of alkyl halides is 3. The normalized spacial score (nSPS) is 11.1. The first-order valence-electron chi connectivity index (χ1n) is 4.65. The van der Waals surface area contributed by atoms with Gasteiger partial charge in [0.1, 0.15) is 17.2 Å². The van der Waals surface area contributed by atoms with Gasteiger partial charge < -0.3 is 11.1 Å². The van der Waals surface area contributed by atoms with E-state index in [-0.39, 0.29) is 16.2 Å². The van der Waals surface area contributed by atoms with Gasteiger partial charge in [0.25, 0.3) is 0 Å². The highest BCUT2D eigenvalue weighted by molar-refractivity contribution is 7.80. The Morgan fingerprint density at radius 3 is 2.44 bits per heavy atom. The van der Waals surface area contributed by atoms with Crippen molar-refractivity contribution in [2.75, 3.05) is 5.32 Å². The molecule has 1 aromatic rings. The van der Waals surface area contributed by atoms with Crippen LogP contribution in [0.2, 0.25) is 0 Å². The summed E-state index contributed by atoms with van der Waals surface area (Å²) in [5.41, 5.74) is 5.11. The SMILES string of the molecule is NC(=S)c1ccc(NC(=O)CC(F)(F)F)c(F)c1. The first-order valence-corrected chi connectivity index (χ1v) is 5.06. The summed E-state index contributed by atoms with van der Waals surface area (Å²) in [5, 5.41) is 1.81. The molecule has 0 bridgehead atoms. The molecule has 0 radical (unpaired) electrons. The lowest BCUT2D eigenvalue weighted by atomic mass is 10.2. The standard InChI is InChI=1S/C10H8F4N2OS/c11-6-3-5(9(15)18)1-2-7(6)16-8(17)4-10(12,13)14/h1-3H,4H2,(H2,15,18)(H,16,17). The zero-order valence-electron chi connectivity index (χ0n) is 8.84. The van der Waals surface area contributed by atoms with E-state index in [9.17, 15) is 22.4 Å². The van der Waals surface area contributed by atoms with Crippen molar-refractivity contribution in [1.82, 2.24) is 0 Å². The highest BCUT2D eigenvalue weighted by Crippen LogP contribution is 2.21. The van der Waals surface area contributed by atoms with Gasteiger partial charge in [-0.15, -0.1) is 0 Å². The molecule has 8 heteroatoms. The van der Waals surface area contributed by atoms with Gasteiger partial charge >= 0.3 is 6.18 Å². The fourth-order valence-corrected chi connectivity index (χ4v) is 1.27. The number of amides is 1. The molecule has 0 spiro atoms. The minimum Gasteiger partial charge on any atom is -0.389 e. The molecule has 3 N–H and O–H groups in total. The van der Waals surface area contributed by atoms with Crippen molar-refractivity contribution in [2.24, 2.45) is 5.73 Å². The van der Waals surface area contributed by atoms with Crippen LogP contribution in [0.4, 0.5) is 23.2 Å². The molecular formula is C10H8F4N2OS. The lowest BCUT2D eigenvalue weighted by molar-refractivity contribution is -0.150. The van der Waals surface area contributed by atoms with E-state index in [0.29, 0.717) is 0 Å². The van der Waals surface area contributed by atoms with E-state index < -0.39 is 24.3 Å². The van der Waals surface area contributed by atoms with Gasteiger partial charge in [0, 0.05) is 5.56 Å². The van der Waals surface area contributed by atoms with Crippen LogP contribution in [0.3, 0.4) is 0 Å². The van der Waals surface area contributed by atoms with E-state index in [1.807, 2.05) is 5.32 Å². The number of benzene rings is 1. The maximum Gasteiger partial charge on any atom is 0.397 e. The number of carbonyl (C=O) groups excluding carboxylic acids is 1. The number of anilines is 1. The minimum atomic E-state index is -4.64. The third kappa shape index (κ3) is 4.28. The van der Waals surface area contributed by atoms with Crippen molar-refractivity contribution >= 4 is 28.8 Å². The summed E-state index contributed by atoms with van der Waals surface area (Å²) in [6, 6.07) is 3.33. The minimum absolute atomic E-state index is 0.0536. The largest absolute Gasteiger partial charge is 0.397 e. The number of hydrogen-bond donors (Lipinski definition) is 2. The molecule has 0 aliphatic carbocycles. The van der Waals surface area contributed by atoms with Crippen LogP contribution in [0.15, 0.2) is 18.2 Å². The van der Waals surface area contributed by atoms with Crippen LogP contribution >= 0.6 is 12.2 Å². The molecule has 1 rings (SSSR count). The van der Waals surface area contributed by atoms with Gasteiger partial charge in [0.05, 0.1) is 5.69 Å². The van der Waals surface area contributed by atoms with E-state index in [1.54, 1.807) is 0 Å². The fourth-order valence-electron chi connectivity index (χ4n) is 1.15. The van der Waals surface area contributed by atoms with E-state index in [0.717, 1.165) is 12.1 Å². The Morgan fingerprint density at radius 2 is 2.00 bits per heavy atom. The maximum atomic E-state index is 13.4. The third-order valence-corrected chi connectivity index (χ3v) is 2.12. The third-order valence-electron chi connectivity index (χ3n) is 1.89. The highest BCUT2D eigenvalue weighted by atomic mass is 32.1. The van der Waals surface area contributed by atoms with Crippen molar-refractivity contribution in [3.63, 3.8) is 0 Å². The highest BCUT2D eigenvalue weighted by Gasteiger charge is 2.31. The summed E-state index contributed by atoms with van der Waals surface area (Å²) in [4.78, 5) is 10.9. The molecule has 98 valence electrons. The Hall–Kier alpha value is -1.70. The zero-order chi connectivity index (χ0) is 13.9. The Kier molecular flexibility index (Phi) is 4.23. The summed E-state index contributed by atoms with van der Waals surface area (Å²) in [7, 11) is 0. The van der Waals surface area contributed by atoms with E-state index in [1.165, 1.54) is 6.07 Å². The molecule has 0 saturated carbocycles. The van der Waals surface area contributed by atoms with Crippen molar-refractivity contribution < 1.29 is 22.4 Å². The second kappa shape index (κ2) is 5.30. The van der Waals surface area contributed by atoms with Gasteiger partial charge in [-0.1, -0.05) is 12.2 Å². The molecule has 0 aliphatic rings. The first kappa shape index (κ1) is 14.4. The smallest absolute Gasteiger partial charge is 0.389 e. The summed E-state index contributed by atoms with van der Waals surface area (Å²) >= 11 is 4.60. The molecular weight excluding hydrogens is 272 g/mol. The average molecular weight is 280 g/mol. The van der Waals surface area contributed by atoms with Gasteiger partial charge in [-0.25, -0.2) is 4.39 Å². The number of nitrogens with two attached hydrogens (primary N) is 1. The van der Waals surface area contributed by atoms with Crippen molar-refractivity contribution in [2.45, 2.75) is 12.6 Å².